The molecule has 0 radical (unpaired) electrons. The molecule has 2 aromatic rings. The van der Waals surface area contributed by atoms with Crippen molar-refractivity contribution < 1.29 is 4.79 Å². The predicted molar refractivity (Wildman–Crippen MR) is 104 cm³/mol. The number of aryl methyl sites for hydroxylation is 2. The van der Waals surface area contributed by atoms with Crippen molar-refractivity contribution in [3.8, 4) is 6.07 Å². The number of hydrogen-bond donors (Lipinski definition) is 1. The molecule has 1 amide bonds. The van der Waals surface area contributed by atoms with Crippen LogP contribution in [0.1, 0.15) is 35.2 Å². The lowest BCUT2D eigenvalue weighted by atomic mass is 9.95. The van der Waals surface area contributed by atoms with E-state index in [0.717, 1.165) is 43.4 Å². The molecular formula is C20H20ClN3OS. The van der Waals surface area contributed by atoms with Gasteiger partial charge in [-0.2, -0.15) is 5.26 Å². The molecule has 26 heavy (non-hydrogen) atoms. The third-order valence-electron chi connectivity index (χ3n) is 4.38. The molecule has 0 aliphatic heterocycles. The Morgan fingerprint density at radius 1 is 1.27 bits per heavy atom. The van der Waals surface area contributed by atoms with Gasteiger partial charge in [-0.3, -0.25) is 4.79 Å². The largest absolute Gasteiger partial charge is 0.355 e. The summed E-state index contributed by atoms with van der Waals surface area (Å²) in [7, 11) is 0. The van der Waals surface area contributed by atoms with Gasteiger partial charge in [-0.1, -0.05) is 35.5 Å². The normalized spacial score (nSPS) is 12.9. The Balaban J connectivity index is 1.51. The van der Waals surface area contributed by atoms with Crippen LogP contribution in [-0.2, 0) is 24.1 Å². The molecule has 0 saturated heterocycles. The molecule has 1 aliphatic rings. The number of nitrogens with zero attached hydrogens (tertiary/aromatic N) is 2. The molecule has 1 aromatic carbocycles. The molecule has 0 fully saturated rings. The van der Waals surface area contributed by atoms with E-state index in [4.69, 9.17) is 11.6 Å². The smallest absolute Gasteiger partial charge is 0.230 e. The fraction of sp³-hybridized carbons (Fsp3) is 0.350. The third-order valence-corrected chi connectivity index (χ3v) is 5.62. The van der Waals surface area contributed by atoms with Crippen molar-refractivity contribution in [2.45, 2.75) is 37.1 Å². The number of thioether (sulfide) groups is 1. The summed E-state index contributed by atoms with van der Waals surface area (Å²) in [6.07, 6.45) is 5.01. The number of nitriles is 1. The van der Waals surface area contributed by atoms with E-state index in [2.05, 4.69) is 16.4 Å². The lowest BCUT2D eigenvalue weighted by Crippen LogP contribution is -2.27. The van der Waals surface area contributed by atoms with Crippen molar-refractivity contribution in [1.29, 1.82) is 5.26 Å². The first-order chi connectivity index (χ1) is 12.7. The maximum absolute atomic E-state index is 12.1. The molecule has 3 rings (SSSR count). The van der Waals surface area contributed by atoms with Gasteiger partial charge in [0.15, 0.2) is 0 Å². The molecule has 0 unspecified atom stereocenters. The number of pyridine rings is 1. The molecule has 1 N–H and O–H groups in total. The fourth-order valence-corrected chi connectivity index (χ4v) is 3.92. The molecule has 134 valence electrons. The number of aromatic nitrogens is 1. The van der Waals surface area contributed by atoms with E-state index < -0.39 is 0 Å². The quantitative estimate of drug-likeness (QED) is 0.765. The first-order valence-corrected chi connectivity index (χ1v) is 10.1. The Morgan fingerprint density at radius 2 is 2.04 bits per heavy atom. The van der Waals surface area contributed by atoms with Crippen molar-refractivity contribution in [3.05, 3.63) is 57.7 Å². The number of halogens is 1. The molecule has 0 spiro atoms. The number of hydrogen-bond acceptors (Lipinski definition) is 4. The summed E-state index contributed by atoms with van der Waals surface area (Å²) >= 11 is 7.20. The summed E-state index contributed by atoms with van der Waals surface area (Å²) < 4.78 is 0. The summed E-state index contributed by atoms with van der Waals surface area (Å²) in [6, 6.07) is 11.8. The molecule has 1 heterocycles. The van der Waals surface area contributed by atoms with Gasteiger partial charge in [-0.25, -0.2) is 4.98 Å². The minimum Gasteiger partial charge on any atom is -0.355 e. The maximum atomic E-state index is 12.1. The zero-order valence-electron chi connectivity index (χ0n) is 14.4. The molecule has 6 heteroatoms. The standard InChI is InChI=1S/C20H20ClN3OS/c21-17-7-5-14(6-8-17)9-10-23-19(25)13-26-20-16(12-22)11-15-3-1-2-4-18(15)24-20/h5-8,11H,1-4,9-10,13H2,(H,23,25). The second-order valence-electron chi connectivity index (χ2n) is 6.28. The van der Waals surface area contributed by atoms with Crippen molar-refractivity contribution in [1.82, 2.24) is 10.3 Å². The molecule has 4 nitrogen and oxygen atoms in total. The minimum atomic E-state index is -0.0487. The highest BCUT2D eigenvalue weighted by atomic mass is 35.5. The van der Waals surface area contributed by atoms with Gasteiger partial charge in [-0.15, -0.1) is 0 Å². The van der Waals surface area contributed by atoms with Crippen molar-refractivity contribution in [3.63, 3.8) is 0 Å². The van der Waals surface area contributed by atoms with Gasteiger partial charge in [0.1, 0.15) is 11.1 Å². The Hall–Kier alpha value is -2.03. The van der Waals surface area contributed by atoms with Crippen LogP contribution in [0.3, 0.4) is 0 Å². The summed E-state index contributed by atoms with van der Waals surface area (Å²) in [6.45, 7) is 0.573. The first kappa shape index (κ1) is 18.8. The zero-order chi connectivity index (χ0) is 18.4. The summed E-state index contributed by atoms with van der Waals surface area (Å²) in [5, 5.41) is 13.6. The van der Waals surface area contributed by atoms with Gasteiger partial charge in [0.25, 0.3) is 0 Å². The number of fused-ring (bicyclic) bond motifs is 1. The summed E-state index contributed by atoms with van der Waals surface area (Å²) in [5.74, 6) is 0.216. The van der Waals surface area contributed by atoms with Crippen LogP contribution in [0.5, 0.6) is 0 Å². The van der Waals surface area contributed by atoms with Gasteiger partial charge in [0.2, 0.25) is 5.91 Å². The van der Waals surface area contributed by atoms with Crippen LogP contribution in [0.25, 0.3) is 0 Å². The number of carbonyl (C=O) groups excluding carboxylic acids is 1. The monoisotopic (exact) mass is 385 g/mol. The Labute approximate surface area is 163 Å². The van der Waals surface area contributed by atoms with E-state index in [0.29, 0.717) is 22.2 Å². The van der Waals surface area contributed by atoms with Crippen LogP contribution in [-0.4, -0.2) is 23.2 Å². The highest BCUT2D eigenvalue weighted by molar-refractivity contribution is 8.00. The zero-order valence-corrected chi connectivity index (χ0v) is 16.0. The minimum absolute atomic E-state index is 0.0487. The first-order valence-electron chi connectivity index (χ1n) is 8.72. The van der Waals surface area contributed by atoms with Crippen molar-refractivity contribution in [2.75, 3.05) is 12.3 Å². The molecular weight excluding hydrogens is 366 g/mol. The maximum Gasteiger partial charge on any atom is 0.230 e. The second-order valence-corrected chi connectivity index (χ2v) is 7.68. The number of rotatable bonds is 6. The van der Waals surface area contributed by atoms with E-state index >= 15 is 0 Å². The lowest BCUT2D eigenvalue weighted by Gasteiger charge is -2.16. The SMILES string of the molecule is N#Cc1cc2c(nc1SCC(=O)NCCc1ccc(Cl)cc1)CCCC2. The predicted octanol–water partition coefficient (Wildman–Crippen LogP) is 3.94. The number of carbonyl (C=O) groups is 1. The number of amides is 1. The summed E-state index contributed by atoms with van der Waals surface area (Å²) in [5.41, 5.74) is 3.97. The van der Waals surface area contributed by atoms with Crippen LogP contribution in [0.4, 0.5) is 0 Å². The second kappa shape index (κ2) is 9.07. The highest BCUT2D eigenvalue weighted by Gasteiger charge is 2.16. The van der Waals surface area contributed by atoms with Crippen molar-refractivity contribution in [2.24, 2.45) is 0 Å². The van der Waals surface area contributed by atoms with E-state index in [9.17, 15) is 10.1 Å². The van der Waals surface area contributed by atoms with Gasteiger partial charge in [0.05, 0.1) is 11.3 Å². The average Bonchev–Trinajstić information content (AvgIpc) is 2.67. The Bertz CT molecular complexity index is 830. The summed E-state index contributed by atoms with van der Waals surface area (Å²) in [4.78, 5) is 16.7. The molecule has 1 aromatic heterocycles. The number of benzene rings is 1. The van der Waals surface area contributed by atoms with E-state index in [1.54, 1.807) is 0 Å². The third kappa shape index (κ3) is 5.00. The molecule has 1 aliphatic carbocycles. The van der Waals surface area contributed by atoms with Crippen molar-refractivity contribution >= 4 is 29.3 Å². The van der Waals surface area contributed by atoms with Gasteiger partial charge in [0, 0.05) is 17.3 Å². The average molecular weight is 386 g/mol. The lowest BCUT2D eigenvalue weighted by molar-refractivity contribution is -0.118. The van der Waals surface area contributed by atoms with E-state index in [-0.39, 0.29) is 11.7 Å². The molecule has 0 atom stereocenters. The van der Waals surface area contributed by atoms with Crippen LogP contribution in [0.15, 0.2) is 35.4 Å². The van der Waals surface area contributed by atoms with Gasteiger partial charge in [-0.05, 0) is 61.4 Å². The molecule has 0 saturated carbocycles. The van der Waals surface area contributed by atoms with Crippen LogP contribution in [0.2, 0.25) is 5.02 Å². The Kier molecular flexibility index (Phi) is 6.54. The highest BCUT2D eigenvalue weighted by Crippen LogP contribution is 2.27. The number of nitrogens with one attached hydrogen (secondary N) is 1. The topological polar surface area (TPSA) is 65.8 Å². The van der Waals surface area contributed by atoms with Crippen LogP contribution >= 0.6 is 23.4 Å². The van der Waals surface area contributed by atoms with Gasteiger partial charge < -0.3 is 5.32 Å². The van der Waals surface area contributed by atoms with Crippen LogP contribution in [0, 0.1) is 11.3 Å². The fourth-order valence-electron chi connectivity index (χ4n) is 2.99. The Morgan fingerprint density at radius 3 is 2.81 bits per heavy atom. The van der Waals surface area contributed by atoms with E-state index in [1.807, 2.05) is 30.3 Å². The van der Waals surface area contributed by atoms with Crippen LogP contribution < -0.4 is 5.32 Å². The van der Waals surface area contributed by atoms with E-state index in [1.165, 1.54) is 17.3 Å². The van der Waals surface area contributed by atoms with Gasteiger partial charge >= 0.3 is 0 Å². The molecule has 0 bridgehead atoms.